The quantitative estimate of drug-likeness (QED) is 0.504. The van der Waals surface area contributed by atoms with Gasteiger partial charge in [0.05, 0.1) is 38.4 Å². The van der Waals surface area contributed by atoms with Gasteiger partial charge in [0.15, 0.2) is 0 Å². The van der Waals surface area contributed by atoms with Crippen LogP contribution in [0.2, 0.25) is 0 Å². The summed E-state index contributed by atoms with van der Waals surface area (Å²) < 4.78 is 0. The molecule has 2 aromatic rings. The average Bonchev–Trinajstić information content (AvgIpc) is 2.75. The van der Waals surface area contributed by atoms with Crippen LogP contribution in [0.4, 0.5) is 0 Å². The molecule has 1 heterocycles. The van der Waals surface area contributed by atoms with Crippen molar-refractivity contribution in [2.75, 3.05) is 39.4 Å². The Bertz CT molecular complexity index is 663. The number of aryl methyl sites for hydroxylation is 2. The number of nitrogens with one attached hydrogen (secondary N) is 1. The van der Waals surface area contributed by atoms with Crippen molar-refractivity contribution >= 4 is 0 Å². The SMILES string of the molecule is CCc1ccc([C@@H]2C[NH+](CCO)C[C@@H](c3ccc(CC)cc3)N2CCO)cc1.[Cl-]. The van der Waals surface area contributed by atoms with Crippen molar-refractivity contribution in [3.05, 3.63) is 70.8 Å². The second-order valence-electron chi connectivity index (χ2n) is 7.82. The van der Waals surface area contributed by atoms with Gasteiger partial charge in [-0.1, -0.05) is 62.4 Å². The van der Waals surface area contributed by atoms with Crippen LogP contribution in [0, 0.1) is 0 Å². The number of β-amino-alcohol motifs (C(OH)–C–C–N with tert-alkyl or cyclic N) is 1. The molecule has 0 spiro atoms. The number of aliphatic hydroxyl groups excluding tert-OH is 2. The molecule has 0 aliphatic carbocycles. The third-order valence-corrected chi connectivity index (χ3v) is 6.13. The first kappa shape index (κ1) is 23.8. The number of hydrogen-bond donors (Lipinski definition) is 3. The molecule has 29 heavy (non-hydrogen) atoms. The molecule has 3 rings (SSSR count). The Balaban J connectivity index is 0.00000300. The minimum absolute atomic E-state index is 0. The van der Waals surface area contributed by atoms with Crippen molar-refractivity contribution in [2.45, 2.75) is 38.8 Å². The van der Waals surface area contributed by atoms with Crippen LogP contribution in [0.1, 0.15) is 48.2 Å². The summed E-state index contributed by atoms with van der Waals surface area (Å²) in [6.07, 6.45) is 2.08. The normalized spacial score (nSPS) is 22.3. The Labute approximate surface area is 181 Å². The van der Waals surface area contributed by atoms with Crippen molar-refractivity contribution in [3.63, 3.8) is 0 Å². The van der Waals surface area contributed by atoms with Crippen LogP contribution in [0.5, 0.6) is 0 Å². The number of nitrogens with zero attached hydrogens (tertiary/aromatic N) is 1. The van der Waals surface area contributed by atoms with Crippen molar-refractivity contribution < 1.29 is 27.5 Å². The minimum atomic E-state index is 0. The van der Waals surface area contributed by atoms with E-state index >= 15 is 0 Å². The molecule has 1 saturated heterocycles. The lowest BCUT2D eigenvalue weighted by Gasteiger charge is -2.45. The molecule has 1 aliphatic rings. The molecule has 3 N–H and O–H groups in total. The maximum atomic E-state index is 9.79. The highest BCUT2D eigenvalue weighted by Crippen LogP contribution is 2.32. The summed E-state index contributed by atoms with van der Waals surface area (Å²) in [4.78, 5) is 3.88. The van der Waals surface area contributed by atoms with Crippen molar-refractivity contribution in [1.82, 2.24) is 4.90 Å². The molecule has 0 amide bonds. The highest BCUT2D eigenvalue weighted by atomic mass is 35.5. The van der Waals surface area contributed by atoms with E-state index in [4.69, 9.17) is 0 Å². The fourth-order valence-corrected chi connectivity index (χ4v) is 4.44. The molecule has 2 aromatic carbocycles. The van der Waals surface area contributed by atoms with Gasteiger partial charge >= 0.3 is 0 Å². The summed E-state index contributed by atoms with van der Waals surface area (Å²) in [6, 6.07) is 18.3. The second-order valence-corrected chi connectivity index (χ2v) is 7.82. The minimum Gasteiger partial charge on any atom is -1.00 e. The Morgan fingerprint density at radius 2 is 1.24 bits per heavy atom. The molecule has 160 valence electrons. The molecule has 0 saturated carbocycles. The van der Waals surface area contributed by atoms with Crippen molar-refractivity contribution in [1.29, 1.82) is 0 Å². The second kappa shape index (κ2) is 11.7. The third kappa shape index (κ3) is 5.80. The van der Waals surface area contributed by atoms with Gasteiger partial charge < -0.3 is 27.5 Å². The highest BCUT2D eigenvalue weighted by Gasteiger charge is 2.38. The Hall–Kier alpha value is -1.43. The first-order valence-corrected chi connectivity index (χ1v) is 10.7. The van der Waals surface area contributed by atoms with Gasteiger partial charge in [-0.3, -0.25) is 4.90 Å². The van der Waals surface area contributed by atoms with Crippen LogP contribution in [0.15, 0.2) is 48.5 Å². The zero-order valence-electron chi connectivity index (χ0n) is 17.6. The van der Waals surface area contributed by atoms with Gasteiger partial charge in [-0.05, 0) is 35.1 Å². The smallest absolute Gasteiger partial charge is 0.101 e. The summed E-state index contributed by atoms with van der Waals surface area (Å²) in [5, 5.41) is 19.4. The summed E-state index contributed by atoms with van der Waals surface area (Å²) in [5.41, 5.74) is 5.30. The third-order valence-electron chi connectivity index (χ3n) is 6.13. The number of hydrogen-bond acceptors (Lipinski definition) is 3. The maximum absolute atomic E-state index is 9.79. The summed E-state index contributed by atoms with van der Waals surface area (Å²) in [6.45, 7) is 8.05. The predicted molar refractivity (Wildman–Crippen MR) is 114 cm³/mol. The van der Waals surface area contributed by atoms with E-state index in [9.17, 15) is 10.2 Å². The van der Waals surface area contributed by atoms with Crippen molar-refractivity contribution in [2.24, 2.45) is 0 Å². The molecule has 2 atom stereocenters. The van der Waals surface area contributed by atoms with Crippen LogP contribution >= 0.6 is 0 Å². The Morgan fingerprint density at radius 1 is 0.793 bits per heavy atom. The number of rotatable bonds is 8. The van der Waals surface area contributed by atoms with E-state index in [1.54, 1.807) is 0 Å². The predicted octanol–water partition coefficient (Wildman–Crippen LogP) is -1.22. The van der Waals surface area contributed by atoms with E-state index in [1.807, 2.05) is 0 Å². The Kier molecular flexibility index (Phi) is 9.60. The van der Waals surface area contributed by atoms with Gasteiger partial charge in [0.1, 0.15) is 6.54 Å². The fraction of sp³-hybridized carbons (Fsp3) is 0.500. The molecule has 1 fully saturated rings. The van der Waals surface area contributed by atoms with Crippen LogP contribution in [0.3, 0.4) is 0 Å². The van der Waals surface area contributed by atoms with Crippen LogP contribution in [0.25, 0.3) is 0 Å². The first-order valence-electron chi connectivity index (χ1n) is 10.7. The monoisotopic (exact) mass is 418 g/mol. The zero-order valence-corrected chi connectivity index (χ0v) is 18.4. The van der Waals surface area contributed by atoms with Crippen LogP contribution in [-0.2, 0) is 12.8 Å². The topological polar surface area (TPSA) is 48.1 Å². The first-order chi connectivity index (χ1) is 13.7. The molecular weight excluding hydrogens is 384 g/mol. The number of benzene rings is 2. The van der Waals surface area contributed by atoms with E-state index in [2.05, 4.69) is 67.3 Å². The summed E-state index contributed by atoms with van der Waals surface area (Å²) in [5.74, 6) is 0. The molecule has 4 nitrogen and oxygen atoms in total. The van der Waals surface area contributed by atoms with Gasteiger partial charge in [0.2, 0.25) is 0 Å². The summed E-state index contributed by atoms with van der Waals surface area (Å²) in [7, 11) is 0. The number of aliphatic hydroxyl groups is 2. The molecular formula is C24H35ClN2O2. The molecule has 0 unspecified atom stereocenters. The molecule has 1 aliphatic heterocycles. The average molecular weight is 419 g/mol. The van der Waals surface area contributed by atoms with Gasteiger partial charge in [-0.2, -0.15) is 0 Å². The van der Waals surface area contributed by atoms with Gasteiger partial charge in [-0.15, -0.1) is 0 Å². The largest absolute Gasteiger partial charge is 1.00 e. The number of quaternary nitrogens is 1. The van der Waals surface area contributed by atoms with E-state index in [0.717, 1.165) is 32.5 Å². The number of piperazine rings is 1. The summed E-state index contributed by atoms with van der Waals surface area (Å²) >= 11 is 0. The Morgan fingerprint density at radius 3 is 1.59 bits per heavy atom. The van der Waals surface area contributed by atoms with E-state index in [-0.39, 0.29) is 37.7 Å². The molecule has 0 aromatic heterocycles. The maximum Gasteiger partial charge on any atom is 0.101 e. The fourth-order valence-electron chi connectivity index (χ4n) is 4.44. The lowest BCUT2D eigenvalue weighted by Crippen LogP contribution is -3.15. The van der Waals surface area contributed by atoms with E-state index in [1.165, 1.54) is 27.2 Å². The van der Waals surface area contributed by atoms with Gasteiger partial charge in [-0.25, -0.2) is 0 Å². The van der Waals surface area contributed by atoms with Crippen LogP contribution in [-0.4, -0.2) is 54.5 Å². The van der Waals surface area contributed by atoms with Gasteiger partial charge in [0, 0.05) is 6.54 Å². The van der Waals surface area contributed by atoms with Crippen LogP contribution < -0.4 is 17.3 Å². The standard InChI is InChI=1S/C24H34N2O2.ClH/c1-3-19-5-9-21(10-6-19)23-17-25(13-15-27)18-24(26(23)14-16-28)22-11-7-20(4-2)8-12-22;/h5-12,23-24,27-28H,3-4,13-18H2,1-2H3;1H/t23-,24-;/m0./s1. The van der Waals surface area contributed by atoms with Gasteiger partial charge in [0.25, 0.3) is 0 Å². The molecule has 0 radical (unpaired) electrons. The zero-order chi connectivity index (χ0) is 19.9. The number of halogens is 1. The molecule has 5 heteroatoms. The lowest BCUT2D eigenvalue weighted by atomic mass is 9.93. The molecule has 0 bridgehead atoms. The van der Waals surface area contributed by atoms with Crippen molar-refractivity contribution in [3.8, 4) is 0 Å². The highest BCUT2D eigenvalue weighted by molar-refractivity contribution is 5.29. The lowest BCUT2D eigenvalue weighted by molar-refractivity contribution is -0.913. The van der Waals surface area contributed by atoms with E-state index < -0.39 is 0 Å². The van der Waals surface area contributed by atoms with E-state index in [0.29, 0.717) is 6.54 Å².